The lowest BCUT2D eigenvalue weighted by Crippen LogP contribution is -2.33. The molecule has 29 heavy (non-hydrogen) atoms. The summed E-state index contributed by atoms with van der Waals surface area (Å²) in [7, 11) is -3.41. The molecule has 6 nitrogen and oxygen atoms in total. The van der Waals surface area contributed by atoms with Crippen molar-refractivity contribution in [2.75, 3.05) is 11.6 Å². The van der Waals surface area contributed by atoms with Gasteiger partial charge in [0.25, 0.3) is 5.91 Å². The van der Waals surface area contributed by atoms with Crippen molar-refractivity contribution in [2.45, 2.75) is 17.4 Å². The van der Waals surface area contributed by atoms with Crippen molar-refractivity contribution in [2.24, 2.45) is 0 Å². The maximum absolute atomic E-state index is 13.0. The number of halogens is 4. The Kier molecular flexibility index (Phi) is 5.50. The Bertz CT molecular complexity index is 1180. The van der Waals surface area contributed by atoms with E-state index in [1.807, 2.05) is 0 Å². The second-order valence-corrected chi connectivity index (χ2v) is 8.91. The molecule has 1 N–H and O–H groups in total. The van der Waals surface area contributed by atoms with Crippen LogP contribution in [0.3, 0.4) is 0 Å². The van der Waals surface area contributed by atoms with Crippen molar-refractivity contribution >= 4 is 42.4 Å². The third-order valence-corrected chi connectivity index (χ3v) is 5.66. The second-order valence-electron chi connectivity index (χ2n) is 5.87. The summed E-state index contributed by atoms with van der Waals surface area (Å²) in [5.74, 6) is -1.34. The number of hydrogen-bond acceptors (Lipinski definition) is 6. The first kappa shape index (κ1) is 21.0. The van der Waals surface area contributed by atoms with Crippen LogP contribution in [0.5, 0.6) is 5.75 Å². The van der Waals surface area contributed by atoms with Gasteiger partial charge in [0.2, 0.25) is 0 Å². The number of benzene rings is 2. The Morgan fingerprint density at radius 3 is 2.59 bits per heavy atom. The molecule has 0 aliphatic carbocycles. The predicted molar refractivity (Wildman–Crippen MR) is 98.7 cm³/mol. The summed E-state index contributed by atoms with van der Waals surface area (Å²) >= 11 is 1.01. The first-order valence-electron chi connectivity index (χ1n) is 7.83. The molecule has 0 saturated heterocycles. The van der Waals surface area contributed by atoms with E-state index in [1.165, 1.54) is 30.3 Å². The minimum absolute atomic E-state index is 0.0938. The average molecular weight is 448 g/mol. The number of amides is 1. The SMILES string of the molecule is CS(=O)(=O)c1ccc2nc(NC(=O)c3cccc(OC(F)(F)C(F)F)c3)sc2c1. The Labute approximate surface area is 166 Å². The van der Waals surface area contributed by atoms with Crippen molar-refractivity contribution in [1.82, 2.24) is 4.98 Å². The van der Waals surface area contributed by atoms with E-state index in [4.69, 9.17) is 0 Å². The fraction of sp³-hybridized carbons (Fsp3) is 0.176. The van der Waals surface area contributed by atoms with Gasteiger partial charge in [-0.05, 0) is 36.4 Å². The molecule has 2 aromatic carbocycles. The van der Waals surface area contributed by atoms with Crippen molar-refractivity contribution in [3.05, 3.63) is 48.0 Å². The average Bonchev–Trinajstić information content (AvgIpc) is 3.02. The van der Waals surface area contributed by atoms with Crippen molar-refractivity contribution in [3.8, 4) is 5.75 Å². The number of anilines is 1. The third-order valence-electron chi connectivity index (χ3n) is 3.61. The van der Waals surface area contributed by atoms with Crippen LogP contribution in [0.1, 0.15) is 10.4 Å². The number of carbonyl (C=O) groups excluding carboxylic acids is 1. The molecule has 0 atom stereocenters. The number of carbonyl (C=O) groups is 1. The van der Waals surface area contributed by atoms with Crippen molar-refractivity contribution < 1.29 is 35.5 Å². The van der Waals surface area contributed by atoms with E-state index < -0.39 is 34.0 Å². The number of rotatable bonds is 6. The summed E-state index contributed by atoms with van der Waals surface area (Å²) in [5.41, 5.74) is 0.329. The standard InChI is InChI=1S/C17H12F4N2O4S2/c1-29(25,26)11-5-6-12-13(8-11)28-16(22-12)23-14(24)9-3-2-4-10(7-9)27-17(20,21)15(18)19/h2-8,15H,1H3,(H,22,23,24). The Balaban J connectivity index is 1.81. The fourth-order valence-corrected chi connectivity index (χ4v) is 3.88. The lowest BCUT2D eigenvalue weighted by Gasteiger charge is -2.17. The highest BCUT2D eigenvalue weighted by molar-refractivity contribution is 7.90. The molecule has 1 amide bonds. The topological polar surface area (TPSA) is 85.4 Å². The minimum Gasteiger partial charge on any atom is -0.428 e. The van der Waals surface area contributed by atoms with Crippen LogP contribution in [0.2, 0.25) is 0 Å². The van der Waals surface area contributed by atoms with Crippen LogP contribution < -0.4 is 10.1 Å². The third kappa shape index (κ3) is 4.82. The van der Waals surface area contributed by atoms with E-state index >= 15 is 0 Å². The quantitative estimate of drug-likeness (QED) is 0.572. The number of fused-ring (bicyclic) bond motifs is 1. The molecule has 0 fully saturated rings. The van der Waals surface area contributed by atoms with Gasteiger partial charge in [-0.15, -0.1) is 0 Å². The number of ether oxygens (including phenoxy) is 1. The largest absolute Gasteiger partial charge is 0.461 e. The smallest absolute Gasteiger partial charge is 0.428 e. The molecular formula is C17H12F4N2O4S2. The number of sulfone groups is 1. The van der Waals surface area contributed by atoms with E-state index in [1.54, 1.807) is 0 Å². The van der Waals surface area contributed by atoms with Gasteiger partial charge in [0.15, 0.2) is 15.0 Å². The lowest BCUT2D eigenvalue weighted by atomic mass is 10.2. The van der Waals surface area contributed by atoms with E-state index in [-0.39, 0.29) is 15.6 Å². The van der Waals surface area contributed by atoms with Gasteiger partial charge in [-0.25, -0.2) is 13.4 Å². The van der Waals surface area contributed by atoms with Crippen molar-refractivity contribution in [1.29, 1.82) is 0 Å². The summed E-state index contributed by atoms with van der Waals surface area (Å²) in [6.07, 6.45) is -7.66. The molecule has 0 bridgehead atoms. The highest BCUT2D eigenvalue weighted by atomic mass is 32.2. The van der Waals surface area contributed by atoms with Gasteiger partial charge in [-0.1, -0.05) is 17.4 Å². The molecule has 0 aliphatic heterocycles. The van der Waals surface area contributed by atoms with Crippen LogP contribution in [0.25, 0.3) is 10.2 Å². The van der Waals surface area contributed by atoms with E-state index in [0.29, 0.717) is 10.2 Å². The molecule has 1 heterocycles. The van der Waals surface area contributed by atoms with Gasteiger partial charge in [-0.3, -0.25) is 10.1 Å². The number of thiazole rings is 1. The Morgan fingerprint density at radius 2 is 1.93 bits per heavy atom. The number of nitrogens with zero attached hydrogens (tertiary/aromatic N) is 1. The maximum atomic E-state index is 13.0. The zero-order chi connectivity index (χ0) is 21.4. The first-order valence-corrected chi connectivity index (χ1v) is 10.5. The number of hydrogen-bond donors (Lipinski definition) is 1. The molecule has 0 unspecified atom stereocenters. The van der Waals surface area contributed by atoms with Crippen LogP contribution in [0.4, 0.5) is 22.7 Å². The Morgan fingerprint density at radius 1 is 1.21 bits per heavy atom. The van der Waals surface area contributed by atoms with Gasteiger partial charge < -0.3 is 4.74 Å². The molecule has 12 heteroatoms. The number of aromatic nitrogens is 1. The summed E-state index contributed by atoms with van der Waals surface area (Å²) in [5, 5.41) is 2.59. The molecule has 0 aliphatic rings. The highest BCUT2D eigenvalue weighted by Gasteiger charge is 2.44. The second kappa shape index (κ2) is 7.59. The fourth-order valence-electron chi connectivity index (χ4n) is 2.26. The summed E-state index contributed by atoms with van der Waals surface area (Å²) < 4.78 is 78.3. The van der Waals surface area contributed by atoms with Crippen LogP contribution in [0.15, 0.2) is 47.4 Å². The summed E-state index contributed by atoms with van der Waals surface area (Å²) in [6.45, 7) is 0. The van der Waals surface area contributed by atoms with Gasteiger partial charge in [0.05, 0.1) is 15.1 Å². The monoisotopic (exact) mass is 448 g/mol. The van der Waals surface area contributed by atoms with Gasteiger partial charge >= 0.3 is 12.5 Å². The van der Waals surface area contributed by atoms with Crippen LogP contribution >= 0.6 is 11.3 Å². The predicted octanol–water partition coefficient (Wildman–Crippen LogP) is 4.19. The zero-order valence-electron chi connectivity index (χ0n) is 14.5. The lowest BCUT2D eigenvalue weighted by molar-refractivity contribution is -0.253. The van der Waals surface area contributed by atoms with E-state index in [9.17, 15) is 30.8 Å². The first-order chi connectivity index (χ1) is 13.5. The minimum atomic E-state index is -4.69. The van der Waals surface area contributed by atoms with Gasteiger partial charge in [0, 0.05) is 11.8 Å². The van der Waals surface area contributed by atoms with Crippen LogP contribution in [-0.4, -0.2) is 38.1 Å². The molecule has 154 valence electrons. The summed E-state index contributed by atoms with van der Waals surface area (Å²) in [6, 6.07) is 8.66. The van der Waals surface area contributed by atoms with E-state index in [0.717, 1.165) is 29.7 Å². The molecule has 0 saturated carbocycles. The van der Waals surface area contributed by atoms with E-state index in [2.05, 4.69) is 15.0 Å². The number of alkyl halides is 4. The van der Waals surface area contributed by atoms with Gasteiger partial charge in [0.1, 0.15) is 5.75 Å². The molecule has 0 spiro atoms. The molecular weight excluding hydrogens is 436 g/mol. The normalized spacial score (nSPS) is 12.3. The van der Waals surface area contributed by atoms with Crippen molar-refractivity contribution in [3.63, 3.8) is 0 Å². The molecule has 3 aromatic rings. The molecule has 0 radical (unpaired) electrons. The zero-order valence-corrected chi connectivity index (χ0v) is 16.2. The summed E-state index contributed by atoms with van der Waals surface area (Å²) in [4.78, 5) is 16.6. The number of nitrogens with one attached hydrogen (secondary N) is 1. The van der Waals surface area contributed by atoms with Crippen LogP contribution in [0, 0.1) is 0 Å². The Hall–Kier alpha value is -2.73. The molecule has 1 aromatic heterocycles. The highest BCUT2D eigenvalue weighted by Crippen LogP contribution is 2.30. The molecule has 3 rings (SSSR count). The van der Waals surface area contributed by atoms with Gasteiger partial charge in [-0.2, -0.15) is 17.6 Å². The maximum Gasteiger partial charge on any atom is 0.461 e. The van der Waals surface area contributed by atoms with Crippen LogP contribution in [-0.2, 0) is 9.84 Å².